The molecule has 1 aromatic heterocycles. The van der Waals surface area contributed by atoms with Crippen LogP contribution in [0.25, 0.3) is 0 Å². The van der Waals surface area contributed by atoms with E-state index >= 15 is 0 Å². The molecule has 0 spiro atoms. The van der Waals surface area contributed by atoms with E-state index in [2.05, 4.69) is 10.3 Å². The van der Waals surface area contributed by atoms with Crippen LogP contribution in [-0.2, 0) is 11.2 Å². The number of hydrogen-bond acceptors (Lipinski definition) is 2. The van der Waals surface area contributed by atoms with E-state index in [1.54, 1.807) is 24.5 Å². The third-order valence-corrected chi connectivity index (χ3v) is 2.57. The van der Waals surface area contributed by atoms with E-state index in [1.165, 1.54) is 12.1 Å². The van der Waals surface area contributed by atoms with E-state index in [9.17, 15) is 9.18 Å². The predicted octanol–water partition coefficient (Wildman–Crippen LogP) is 2.71. The number of pyridine rings is 1. The lowest BCUT2D eigenvalue weighted by atomic mass is 10.1. The van der Waals surface area contributed by atoms with Crippen LogP contribution in [0.1, 0.15) is 11.1 Å². The fraction of sp³-hybridized carbons (Fsp3) is 0.143. The Morgan fingerprint density at radius 1 is 1.39 bits per heavy atom. The maximum absolute atomic E-state index is 13.0. The topological polar surface area (TPSA) is 42.0 Å². The second-order valence-electron chi connectivity index (χ2n) is 4.05. The number of nitrogens with zero attached hydrogens (tertiary/aromatic N) is 1. The molecule has 1 amide bonds. The molecule has 0 saturated heterocycles. The highest BCUT2D eigenvalue weighted by atomic mass is 19.1. The fourth-order valence-corrected chi connectivity index (χ4v) is 1.62. The van der Waals surface area contributed by atoms with Crippen molar-refractivity contribution in [2.24, 2.45) is 0 Å². The van der Waals surface area contributed by atoms with E-state index in [0.717, 1.165) is 5.56 Å². The molecule has 0 saturated carbocycles. The normalized spacial score (nSPS) is 10.1. The summed E-state index contributed by atoms with van der Waals surface area (Å²) in [4.78, 5) is 15.7. The molecule has 0 fully saturated rings. The van der Waals surface area contributed by atoms with Crippen LogP contribution >= 0.6 is 0 Å². The molecule has 1 aromatic carbocycles. The van der Waals surface area contributed by atoms with E-state index in [0.29, 0.717) is 11.3 Å². The second kappa shape index (κ2) is 5.40. The molecule has 1 N–H and O–H groups in total. The van der Waals surface area contributed by atoms with Gasteiger partial charge in [-0.25, -0.2) is 4.39 Å². The molecule has 0 aliphatic rings. The molecule has 0 unspecified atom stereocenters. The Morgan fingerprint density at radius 2 is 2.22 bits per heavy atom. The first-order chi connectivity index (χ1) is 8.65. The van der Waals surface area contributed by atoms with E-state index in [4.69, 9.17) is 0 Å². The summed E-state index contributed by atoms with van der Waals surface area (Å²) in [6.07, 6.45) is 3.41. The SMILES string of the molecule is Cc1ccncc1NC(=O)Cc1cccc(F)c1. The second-order valence-corrected chi connectivity index (χ2v) is 4.05. The lowest BCUT2D eigenvalue weighted by Gasteiger charge is -2.07. The monoisotopic (exact) mass is 244 g/mol. The van der Waals surface area contributed by atoms with Gasteiger partial charge in [0, 0.05) is 6.20 Å². The van der Waals surface area contributed by atoms with Crippen LogP contribution < -0.4 is 5.32 Å². The molecule has 18 heavy (non-hydrogen) atoms. The Morgan fingerprint density at radius 3 is 2.94 bits per heavy atom. The Balaban J connectivity index is 2.03. The molecular weight excluding hydrogens is 231 g/mol. The highest BCUT2D eigenvalue weighted by Gasteiger charge is 2.06. The number of anilines is 1. The Labute approximate surface area is 105 Å². The standard InChI is InChI=1S/C14H13FN2O/c1-10-5-6-16-9-13(10)17-14(18)8-11-3-2-4-12(15)7-11/h2-7,9H,8H2,1H3,(H,17,18). The van der Waals surface area contributed by atoms with Crippen LogP contribution in [-0.4, -0.2) is 10.9 Å². The lowest BCUT2D eigenvalue weighted by Crippen LogP contribution is -2.15. The van der Waals surface area contributed by atoms with Crippen molar-refractivity contribution in [2.45, 2.75) is 13.3 Å². The van der Waals surface area contributed by atoms with E-state index in [1.807, 2.05) is 13.0 Å². The molecule has 92 valence electrons. The van der Waals surface area contributed by atoms with Crippen LogP contribution in [0.3, 0.4) is 0 Å². The molecule has 1 heterocycles. The zero-order valence-corrected chi connectivity index (χ0v) is 9.98. The van der Waals surface area contributed by atoms with Gasteiger partial charge < -0.3 is 5.32 Å². The molecule has 0 radical (unpaired) electrons. The summed E-state index contributed by atoms with van der Waals surface area (Å²) < 4.78 is 13.0. The minimum absolute atomic E-state index is 0.145. The quantitative estimate of drug-likeness (QED) is 0.902. The molecular formula is C14H13FN2O. The number of aryl methyl sites for hydroxylation is 1. The molecule has 2 rings (SSSR count). The minimum Gasteiger partial charge on any atom is -0.324 e. The van der Waals surface area contributed by atoms with Crippen LogP contribution in [0, 0.1) is 12.7 Å². The number of carbonyl (C=O) groups excluding carboxylic acids is 1. The molecule has 0 atom stereocenters. The van der Waals surface area contributed by atoms with E-state index < -0.39 is 0 Å². The number of amides is 1. The predicted molar refractivity (Wildman–Crippen MR) is 67.7 cm³/mol. The Hall–Kier alpha value is -2.23. The van der Waals surface area contributed by atoms with Crippen LogP contribution in [0.5, 0.6) is 0 Å². The van der Waals surface area contributed by atoms with Gasteiger partial charge in [0.15, 0.2) is 0 Å². The fourth-order valence-electron chi connectivity index (χ4n) is 1.62. The number of nitrogens with one attached hydrogen (secondary N) is 1. The Kier molecular flexibility index (Phi) is 3.67. The number of benzene rings is 1. The smallest absolute Gasteiger partial charge is 0.228 e. The van der Waals surface area contributed by atoms with Gasteiger partial charge in [-0.3, -0.25) is 9.78 Å². The highest BCUT2D eigenvalue weighted by Crippen LogP contribution is 2.12. The summed E-state index contributed by atoms with van der Waals surface area (Å²) in [6.45, 7) is 1.89. The molecule has 3 nitrogen and oxygen atoms in total. The van der Waals surface area contributed by atoms with Gasteiger partial charge in [-0.1, -0.05) is 12.1 Å². The summed E-state index contributed by atoms with van der Waals surface area (Å²) in [6, 6.07) is 7.84. The number of carbonyl (C=O) groups is 1. The summed E-state index contributed by atoms with van der Waals surface area (Å²) in [7, 11) is 0. The zero-order valence-electron chi connectivity index (χ0n) is 9.98. The van der Waals surface area contributed by atoms with Crippen molar-refractivity contribution in [3.63, 3.8) is 0 Å². The van der Waals surface area contributed by atoms with Crippen molar-refractivity contribution in [2.75, 3.05) is 5.32 Å². The van der Waals surface area contributed by atoms with Crippen molar-refractivity contribution >= 4 is 11.6 Å². The first kappa shape index (κ1) is 12.2. The molecule has 0 aliphatic carbocycles. The van der Waals surface area contributed by atoms with Gasteiger partial charge in [0.25, 0.3) is 0 Å². The molecule has 0 aliphatic heterocycles. The van der Waals surface area contributed by atoms with Gasteiger partial charge in [-0.2, -0.15) is 0 Å². The van der Waals surface area contributed by atoms with Gasteiger partial charge in [-0.15, -0.1) is 0 Å². The van der Waals surface area contributed by atoms with Gasteiger partial charge in [0.05, 0.1) is 18.3 Å². The summed E-state index contributed by atoms with van der Waals surface area (Å²) in [5.41, 5.74) is 2.27. The van der Waals surface area contributed by atoms with E-state index in [-0.39, 0.29) is 18.1 Å². The van der Waals surface area contributed by atoms with Crippen molar-refractivity contribution in [3.8, 4) is 0 Å². The zero-order chi connectivity index (χ0) is 13.0. The maximum Gasteiger partial charge on any atom is 0.228 e. The van der Waals surface area contributed by atoms with Crippen LogP contribution in [0.15, 0.2) is 42.7 Å². The summed E-state index contributed by atoms with van der Waals surface area (Å²) in [5, 5.41) is 2.75. The van der Waals surface area contributed by atoms with Gasteiger partial charge in [0.2, 0.25) is 5.91 Å². The number of halogens is 1. The van der Waals surface area contributed by atoms with Gasteiger partial charge in [-0.05, 0) is 36.2 Å². The van der Waals surface area contributed by atoms with Crippen molar-refractivity contribution in [1.29, 1.82) is 0 Å². The van der Waals surface area contributed by atoms with Crippen molar-refractivity contribution in [1.82, 2.24) is 4.98 Å². The summed E-state index contributed by atoms with van der Waals surface area (Å²) in [5.74, 6) is -0.519. The third-order valence-electron chi connectivity index (χ3n) is 2.57. The number of rotatable bonds is 3. The maximum atomic E-state index is 13.0. The van der Waals surface area contributed by atoms with Crippen LogP contribution in [0.2, 0.25) is 0 Å². The molecule has 2 aromatic rings. The molecule has 0 bridgehead atoms. The first-order valence-electron chi connectivity index (χ1n) is 5.60. The van der Waals surface area contributed by atoms with Gasteiger partial charge >= 0.3 is 0 Å². The molecule has 4 heteroatoms. The Bertz CT molecular complexity index is 569. The number of hydrogen-bond donors (Lipinski definition) is 1. The first-order valence-corrected chi connectivity index (χ1v) is 5.60. The third kappa shape index (κ3) is 3.13. The van der Waals surface area contributed by atoms with Crippen molar-refractivity contribution < 1.29 is 9.18 Å². The largest absolute Gasteiger partial charge is 0.324 e. The highest BCUT2D eigenvalue weighted by molar-refractivity contribution is 5.92. The van der Waals surface area contributed by atoms with Gasteiger partial charge in [0.1, 0.15) is 5.82 Å². The number of aromatic nitrogens is 1. The minimum atomic E-state index is -0.335. The van der Waals surface area contributed by atoms with Crippen LogP contribution in [0.4, 0.5) is 10.1 Å². The average molecular weight is 244 g/mol. The van der Waals surface area contributed by atoms with Crippen molar-refractivity contribution in [3.05, 3.63) is 59.7 Å². The average Bonchev–Trinajstić information content (AvgIpc) is 2.32. The summed E-state index contributed by atoms with van der Waals surface area (Å²) >= 11 is 0. The lowest BCUT2D eigenvalue weighted by molar-refractivity contribution is -0.115.